The lowest BCUT2D eigenvalue weighted by Gasteiger charge is -2.31. The lowest BCUT2D eigenvalue weighted by molar-refractivity contribution is -0.346. The van der Waals surface area contributed by atoms with Gasteiger partial charge < -0.3 is 25.5 Å². The first kappa shape index (κ1) is 23.3. The monoisotopic (exact) mass is 374 g/mol. The summed E-state index contributed by atoms with van der Waals surface area (Å²) in [7, 11) is 0. The summed E-state index contributed by atoms with van der Waals surface area (Å²) in [6, 6.07) is 0. The Morgan fingerprint density at radius 2 is 1.35 bits per heavy atom. The predicted molar refractivity (Wildman–Crippen MR) is 99.3 cm³/mol. The number of aliphatic hydroxyl groups is 4. The molecular weight excluding hydrogens is 336 g/mol. The topological polar surface area (TPSA) is 118 Å². The molecule has 6 nitrogen and oxygen atoms in total. The van der Waals surface area contributed by atoms with Crippen molar-refractivity contribution in [1.82, 2.24) is 0 Å². The summed E-state index contributed by atoms with van der Waals surface area (Å²) >= 11 is 0. The lowest BCUT2D eigenvalue weighted by Crippen LogP contribution is -2.59. The van der Waals surface area contributed by atoms with E-state index in [9.17, 15) is 25.2 Å². The molecule has 2 atom stereocenters. The summed E-state index contributed by atoms with van der Waals surface area (Å²) in [5.74, 6) is -7.22. The highest BCUT2D eigenvalue weighted by Gasteiger charge is 2.53. The van der Waals surface area contributed by atoms with Crippen LogP contribution in [-0.4, -0.2) is 43.1 Å². The normalized spacial score (nSPS) is 21.3. The van der Waals surface area contributed by atoms with Crippen LogP contribution < -0.4 is 0 Å². The molecule has 1 aliphatic carbocycles. The van der Waals surface area contributed by atoms with E-state index in [1.54, 1.807) is 0 Å². The fraction of sp³-hybridized carbons (Fsp3) is 0.950. The van der Waals surface area contributed by atoms with Crippen LogP contribution in [0.2, 0.25) is 0 Å². The zero-order valence-electron chi connectivity index (χ0n) is 16.2. The molecule has 0 aromatic heterocycles. The van der Waals surface area contributed by atoms with Gasteiger partial charge >= 0.3 is 11.8 Å². The molecule has 1 aliphatic rings. The molecule has 0 unspecified atom stereocenters. The molecule has 1 rings (SSSR count). The second kappa shape index (κ2) is 11.2. The Morgan fingerprint density at radius 3 is 1.88 bits per heavy atom. The van der Waals surface area contributed by atoms with Gasteiger partial charge in [-0.05, 0) is 18.3 Å². The quantitative estimate of drug-likeness (QED) is 0.235. The van der Waals surface area contributed by atoms with Gasteiger partial charge in [-0.3, -0.25) is 0 Å². The molecule has 0 saturated heterocycles. The molecule has 0 aromatic carbocycles. The van der Waals surface area contributed by atoms with Crippen molar-refractivity contribution in [3.63, 3.8) is 0 Å². The van der Waals surface area contributed by atoms with Crippen molar-refractivity contribution in [2.24, 2.45) is 11.8 Å². The van der Waals surface area contributed by atoms with E-state index < -0.39 is 17.5 Å². The predicted octanol–water partition coefficient (Wildman–Crippen LogP) is 3.16. The van der Waals surface area contributed by atoms with Gasteiger partial charge in [0.2, 0.25) is 5.79 Å². The minimum absolute atomic E-state index is 0.351. The van der Waals surface area contributed by atoms with Crippen molar-refractivity contribution in [2.45, 2.75) is 108 Å². The number of hydrogen-bond donors (Lipinski definition) is 5. The van der Waals surface area contributed by atoms with Crippen molar-refractivity contribution in [1.29, 1.82) is 0 Å². The Labute approximate surface area is 157 Å². The van der Waals surface area contributed by atoms with Gasteiger partial charge in [0.1, 0.15) is 0 Å². The molecule has 154 valence electrons. The molecule has 0 amide bonds. The van der Waals surface area contributed by atoms with Crippen LogP contribution in [0.5, 0.6) is 0 Å². The molecule has 0 heterocycles. The standard InChI is InChI=1S/C20H38O6/c1-2-3-4-5-6-7-11-16-13-10-14-17(16)12-8-9-15-19(23,24)20(25,26)18(21)22/h16-17,23-26H,2-15H2,1H3,(H,21,22)/t16-,17-/m0/s1. The maximum absolute atomic E-state index is 10.7. The molecule has 0 spiro atoms. The molecule has 0 bridgehead atoms. The highest BCUT2D eigenvalue weighted by Crippen LogP contribution is 2.39. The van der Waals surface area contributed by atoms with E-state index in [-0.39, 0.29) is 6.42 Å². The Morgan fingerprint density at radius 1 is 0.846 bits per heavy atom. The van der Waals surface area contributed by atoms with E-state index in [0.717, 1.165) is 18.8 Å². The highest BCUT2D eigenvalue weighted by atomic mass is 16.6. The summed E-state index contributed by atoms with van der Waals surface area (Å²) in [5, 5.41) is 46.5. The third-order valence-corrected chi connectivity index (χ3v) is 5.95. The summed E-state index contributed by atoms with van der Waals surface area (Å²) < 4.78 is 0. The Hall–Kier alpha value is -0.690. The molecule has 1 saturated carbocycles. The van der Waals surface area contributed by atoms with Crippen molar-refractivity contribution in [2.75, 3.05) is 0 Å². The van der Waals surface area contributed by atoms with Crippen molar-refractivity contribution >= 4 is 5.97 Å². The summed E-state index contributed by atoms with van der Waals surface area (Å²) in [6.07, 6.45) is 14.6. The molecule has 26 heavy (non-hydrogen) atoms. The molecular formula is C20H38O6. The maximum atomic E-state index is 10.7. The number of hydrogen-bond acceptors (Lipinski definition) is 5. The average molecular weight is 375 g/mol. The van der Waals surface area contributed by atoms with Crippen LogP contribution in [0.15, 0.2) is 0 Å². The Kier molecular flexibility index (Phi) is 10.1. The molecule has 1 fully saturated rings. The van der Waals surface area contributed by atoms with E-state index >= 15 is 0 Å². The van der Waals surface area contributed by atoms with Crippen LogP contribution in [0.4, 0.5) is 0 Å². The van der Waals surface area contributed by atoms with E-state index in [0.29, 0.717) is 12.3 Å². The third-order valence-electron chi connectivity index (χ3n) is 5.95. The molecule has 0 radical (unpaired) electrons. The summed E-state index contributed by atoms with van der Waals surface area (Å²) in [4.78, 5) is 10.7. The van der Waals surface area contributed by atoms with Gasteiger partial charge in [0.25, 0.3) is 0 Å². The minimum atomic E-state index is -3.54. The molecule has 0 aliphatic heterocycles. The zero-order valence-corrected chi connectivity index (χ0v) is 16.2. The van der Waals surface area contributed by atoms with E-state index in [1.807, 2.05) is 0 Å². The van der Waals surface area contributed by atoms with Crippen molar-refractivity contribution < 1.29 is 30.3 Å². The van der Waals surface area contributed by atoms with Gasteiger partial charge in [0.05, 0.1) is 0 Å². The number of carboxylic acid groups (broad SMARTS) is 1. The number of carbonyl (C=O) groups is 1. The van der Waals surface area contributed by atoms with Gasteiger partial charge in [-0.1, -0.05) is 84.0 Å². The lowest BCUT2D eigenvalue weighted by atomic mass is 9.86. The van der Waals surface area contributed by atoms with Gasteiger partial charge in [0.15, 0.2) is 0 Å². The smallest absolute Gasteiger partial charge is 0.370 e. The molecule has 6 heteroatoms. The highest BCUT2D eigenvalue weighted by molar-refractivity contribution is 5.76. The number of unbranched alkanes of at least 4 members (excludes halogenated alkanes) is 6. The Bertz CT molecular complexity index is 407. The first-order chi connectivity index (χ1) is 12.2. The van der Waals surface area contributed by atoms with Gasteiger partial charge in [-0.15, -0.1) is 0 Å². The Balaban J connectivity index is 2.24. The van der Waals surface area contributed by atoms with Crippen LogP contribution in [0.25, 0.3) is 0 Å². The van der Waals surface area contributed by atoms with Gasteiger partial charge in [-0.2, -0.15) is 0 Å². The van der Waals surface area contributed by atoms with E-state index in [2.05, 4.69) is 6.92 Å². The van der Waals surface area contributed by atoms with E-state index in [1.165, 1.54) is 64.2 Å². The first-order valence-corrected chi connectivity index (χ1v) is 10.3. The molecule has 5 N–H and O–H groups in total. The maximum Gasteiger partial charge on any atom is 0.370 e. The number of aliphatic carboxylic acids is 1. The summed E-state index contributed by atoms with van der Waals surface area (Å²) in [5.41, 5.74) is 0. The number of rotatable bonds is 14. The average Bonchev–Trinajstić information content (AvgIpc) is 3.02. The van der Waals surface area contributed by atoms with Gasteiger partial charge in [-0.25, -0.2) is 4.79 Å². The largest absolute Gasteiger partial charge is 0.477 e. The SMILES string of the molecule is CCCCCCCC[C@H]1CCC[C@@H]1CCCCC(O)(O)C(O)(O)C(=O)O. The minimum Gasteiger partial charge on any atom is -0.477 e. The van der Waals surface area contributed by atoms with Crippen LogP contribution in [0.1, 0.15) is 96.8 Å². The van der Waals surface area contributed by atoms with Crippen LogP contribution in [-0.2, 0) is 4.79 Å². The van der Waals surface area contributed by atoms with Crippen LogP contribution >= 0.6 is 0 Å². The fourth-order valence-electron chi connectivity index (χ4n) is 4.18. The first-order valence-electron chi connectivity index (χ1n) is 10.3. The van der Waals surface area contributed by atoms with Crippen molar-refractivity contribution in [3.05, 3.63) is 0 Å². The van der Waals surface area contributed by atoms with Crippen LogP contribution in [0.3, 0.4) is 0 Å². The van der Waals surface area contributed by atoms with Gasteiger partial charge in [0, 0.05) is 6.42 Å². The summed E-state index contributed by atoms with van der Waals surface area (Å²) in [6.45, 7) is 2.23. The molecule has 0 aromatic rings. The second-order valence-electron chi connectivity index (χ2n) is 8.05. The van der Waals surface area contributed by atoms with E-state index in [4.69, 9.17) is 5.11 Å². The zero-order chi connectivity index (χ0) is 19.6. The fourth-order valence-corrected chi connectivity index (χ4v) is 4.18. The second-order valence-corrected chi connectivity index (χ2v) is 8.05. The third kappa shape index (κ3) is 7.14. The number of carboxylic acids is 1. The van der Waals surface area contributed by atoms with Crippen molar-refractivity contribution in [3.8, 4) is 0 Å². The van der Waals surface area contributed by atoms with Crippen LogP contribution in [0, 0.1) is 11.8 Å².